The third kappa shape index (κ3) is 9.85. The quantitative estimate of drug-likeness (QED) is 0.0637. The number of halogens is 3. The van der Waals surface area contributed by atoms with E-state index in [2.05, 4.69) is 76.2 Å². The van der Waals surface area contributed by atoms with Crippen molar-refractivity contribution in [1.82, 2.24) is 19.9 Å². The van der Waals surface area contributed by atoms with E-state index in [4.69, 9.17) is 22.1 Å². The van der Waals surface area contributed by atoms with Crippen LogP contribution >= 0.6 is 11.6 Å². The second-order valence-corrected chi connectivity index (χ2v) is 13.2. The summed E-state index contributed by atoms with van der Waals surface area (Å²) in [6, 6.07) is 24.1. The third-order valence-corrected chi connectivity index (χ3v) is 9.42. The number of ether oxygens (including phenoxy) is 2. The highest BCUT2D eigenvalue weighted by molar-refractivity contribution is 6.28. The molecule has 2 aromatic heterocycles. The van der Waals surface area contributed by atoms with Gasteiger partial charge < -0.3 is 30.3 Å². The number of aryl methyl sites for hydroxylation is 2. The van der Waals surface area contributed by atoms with Gasteiger partial charge in [-0.1, -0.05) is 36.4 Å². The maximum Gasteiger partial charge on any atom is 0.307 e. The number of aromatic nitrogens is 4. The number of nitrogen functional groups attached to an aromatic ring is 1. The SMILES string of the molecule is COc1cc(F)c([N+](=O)[O-])cc1N.COc1cc(F)c([N+](=O)[O-])cc1Nc1nccc(N2CCCc3ccccc32)n1.Clc1nccc(N2CCCc3ccccc32)n1. The Morgan fingerprint density at radius 3 is 1.78 bits per heavy atom. The molecule has 0 spiro atoms. The summed E-state index contributed by atoms with van der Waals surface area (Å²) >= 11 is 5.84. The Bertz CT molecular complexity index is 2480. The van der Waals surface area contributed by atoms with E-state index in [1.54, 1.807) is 18.5 Å². The number of hydrogen-bond acceptors (Lipinski definition) is 14. The van der Waals surface area contributed by atoms with Crippen LogP contribution in [0.1, 0.15) is 24.0 Å². The van der Waals surface area contributed by atoms with E-state index >= 15 is 0 Å². The van der Waals surface area contributed by atoms with E-state index in [1.807, 2.05) is 18.2 Å². The normalized spacial score (nSPS) is 12.7. The molecule has 0 aliphatic carbocycles. The number of benzene rings is 4. The predicted molar refractivity (Wildman–Crippen MR) is 220 cm³/mol. The van der Waals surface area contributed by atoms with E-state index in [1.165, 1.54) is 31.0 Å². The summed E-state index contributed by atoms with van der Waals surface area (Å²) in [5.41, 5.74) is 9.22. The summed E-state index contributed by atoms with van der Waals surface area (Å²) in [7, 11) is 2.66. The molecule has 4 heterocycles. The van der Waals surface area contributed by atoms with Crippen LogP contribution in [0.25, 0.3) is 0 Å². The summed E-state index contributed by atoms with van der Waals surface area (Å²) in [6.45, 7) is 1.79. The van der Waals surface area contributed by atoms with Gasteiger partial charge in [-0.2, -0.15) is 13.8 Å². The van der Waals surface area contributed by atoms with Crippen LogP contribution in [0.3, 0.4) is 0 Å². The summed E-state index contributed by atoms with van der Waals surface area (Å²) in [6.07, 6.45) is 7.58. The number of hydrogen-bond donors (Lipinski definition) is 2. The van der Waals surface area contributed by atoms with Gasteiger partial charge in [0.25, 0.3) is 0 Å². The molecule has 3 N–H and O–H groups in total. The molecule has 4 aromatic carbocycles. The predicted octanol–water partition coefficient (Wildman–Crippen LogP) is 8.90. The molecule has 6 aromatic rings. The van der Waals surface area contributed by atoms with E-state index in [0.717, 1.165) is 74.5 Å². The van der Waals surface area contributed by atoms with Crippen molar-refractivity contribution < 1.29 is 28.1 Å². The van der Waals surface area contributed by atoms with Gasteiger partial charge in [0.05, 0.1) is 35.4 Å². The molecule has 16 nitrogen and oxygen atoms in total. The van der Waals surface area contributed by atoms with E-state index < -0.39 is 32.9 Å². The van der Waals surface area contributed by atoms with Gasteiger partial charge in [-0.05, 0) is 72.7 Å². The molecule has 0 saturated heterocycles. The topological polar surface area (TPSA) is 201 Å². The second-order valence-electron chi connectivity index (χ2n) is 12.9. The standard InChI is InChI=1S/C20H18FN5O3.C13H12ClN3.C7H7FN2O3/c1-29-18-11-14(21)17(26(27)28)12-15(18)23-20-22-9-8-19(24-20)25-10-4-6-13-5-2-3-7-16(13)25;14-13-15-8-7-12(16-13)17-9-3-5-10-4-1-2-6-11(10)17;1-13-7-2-4(8)6(10(11)12)3-5(7)9/h2-3,5,7-9,11-12H,4,6,10H2,1H3,(H,22,23,24);1-2,4,6-8H,3,5,9H2;2-3H,9H2,1H3. The van der Waals surface area contributed by atoms with Crippen LogP contribution in [0, 0.1) is 31.9 Å². The largest absolute Gasteiger partial charge is 0.494 e. The maximum absolute atomic E-state index is 13.9. The molecule has 0 saturated carbocycles. The summed E-state index contributed by atoms with van der Waals surface area (Å²) in [5.74, 6) is 0.0636. The first-order valence-corrected chi connectivity index (χ1v) is 18.4. The van der Waals surface area contributed by atoms with Crippen molar-refractivity contribution >= 4 is 63.3 Å². The minimum absolute atomic E-state index is 0.0376. The van der Waals surface area contributed by atoms with Gasteiger partial charge in [-0.15, -0.1) is 0 Å². The van der Waals surface area contributed by atoms with Gasteiger partial charge in [-0.25, -0.2) is 15.0 Å². The lowest BCUT2D eigenvalue weighted by molar-refractivity contribution is -0.387. The number of nitrogens with two attached hydrogens (primary N) is 1. The molecule has 0 amide bonds. The molecular weight excluding hydrogens is 790 g/mol. The van der Waals surface area contributed by atoms with Crippen molar-refractivity contribution in [2.24, 2.45) is 0 Å². The number of anilines is 7. The molecule has 0 fully saturated rings. The molecule has 19 heteroatoms. The zero-order chi connectivity index (χ0) is 42.1. The molecule has 0 atom stereocenters. The Morgan fingerprint density at radius 1 is 0.729 bits per heavy atom. The summed E-state index contributed by atoms with van der Waals surface area (Å²) in [4.78, 5) is 40.9. The highest BCUT2D eigenvalue weighted by Crippen LogP contribution is 2.36. The Balaban J connectivity index is 0.000000165. The molecule has 0 radical (unpaired) electrons. The van der Waals surface area contributed by atoms with E-state index in [9.17, 15) is 29.0 Å². The first kappa shape index (κ1) is 41.4. The lowest BCUT2D eigenvalue weighted by Crippen LogP contribution is -2.25. The van der Waals surface area contributed by atoms with Crippen LogP contribution in [0.5, 0.6) is 11.5 Å². The molecule has 0 unspecified atom stereocenters. The van der Waals surface area contributed by atoms with Crippen molar-refractivity contribution in [3.05, 3.63) is 146 Å². The monoisotopic (exact) mass is 826 g/mol. The van der Waals surface area contributed by atoms with Gasteiger partial charge in [0, 0.05) is 61.1 Å². The van der Waals surface area contributed by atoms with Crippen LogP contribution < -0.4 is 30.3 Å². The highest BCUT2D eigenvalue weighted by atomic mass is 35.5. The van der Waals surface area contributed by atoms with Crippen molar-refractivity contribution in [2.75, 3.05) is 48.2 Å². The number of nitrogens with one attached hydrogen (secondary N) is 1. The van der Waals surface area contributed by atoms with Crippen molar-refractivity contribution in [1.29, 1.82) is 0 Å². The summed E-state index contributed by atoms with van der Waals surface area (Å²) < 4.78 is 36.6. The zero-order valence-electron chi connectivity index (χ0n) is 31.7. The van der Waals surface area contributed by atoms with Gasteiger partial charge in [0.2, 0.25) is 22.9 Å². The number of nitro benzene ring substituents is 2. The molecule has 2 aliphatic heterocycles. The Kier molecular flexibility index (Phi) is 13.2. The van der Waals surface area contributed by atoms with Gasteiger partial charge in [-0.3, -0.25) is 20.2 Å². The fourth-order valence-electron chi connectivity index (χ4n) is 6.53. The molecule has 59 heavy (non-hydrogen) atoms. The van der Waals surface area contributed by atoms with Crippen LogP contribution in [0.2, 0.25) is 5.28 Å². The minimum Gasteiger partial charge on any atom is -0.494 e. The van der Waals surface area contributed by atoms with Crippen molar-refractivity contribution in [3.8, 4) is 11.5 Å². The maximum atomic E-state index is 13.9. The number of methoxy groups -OCH3 is 2. The van der Waals surface area contributed by atoms with Gasteiger partial charge in [0.15, 0.2) is 0 Å². The van der Waals surface area contributed by atoms with Crippen LogP contribution in [-0.4, -0.2) is 57.1 Å². The fourth-order valence-corrected chi connectivity index (χ4v) is 6.67. The number of para-hydroxylation sites is 2. The molecule has 0 bridgehead atoms. The fraction of sp³-hybridized carbons (Fsp3) is 0.200. The molecule has 304 valence electrons. The second kappa shape index (κ2) is 18.8. The lowest BCUT2D eigenvalue weighted by Gasteiger charge is -2.30. The van der Waals surface area contributed by atoms with Crippen molar-refractivity contribution in [3.63, 3.8) is 0 Å². The minimum atomic E-state index is -0.975. The molecule has 8 rings (SSSR count). The van der Waals surface area contributed by atoms with Crippen LogP contribution in [0.15, 0.2) is 97.3 Å². The average Bonchev–Trinajstić information content (AvgIpc) is 3.24. The highest BCUT2D eigenvalue weighted by Gasteiger charge is 2.23. The van der Waals surface area contributed by atoms with Gasteiger partial charge in [0.1, 0.15) is 23.1 Å². The Morgan fingerprint density at radius 2 is 1.24 bits per heavy atom. The molecule has 2 aliphatic rings. The third-order valence-electron chi connectivity index (χ3n) is 9.23. The van der Waals surface area contributed by atoms with Crippen LogP contribution in [-0.2, 0) is 12.8 Å². The smallest absolute Gasteiger partial charge is 0.307 e. The Hall–Kier alpha value is -7.21. The zero-order valence-corrected chi connectivity index (χ0v) is 32.5. The summed E-state index contributed by atoms with van der Waals surface area (Å²) in [5, 5.41) is 24.5. The van der Waals surface area contributed by atoms with Crippen LogP contribution in [0.4, 0.5) is 60.5 Å². The number of nitro groups is 2. The first-order valence-electron chi connectivity index (χ1n) is 18.1. The lowest BCUT2D eigenvalue weighted by atomic mass is 10.0. The number of fused-ring (bicyclic) bond motifs is 2. The number of nitrogens with zero attached hydrogens (tertiary/aromatic N) is 8. The van der Waals surface area contributed by atoms with E-state index in [0.29, 0.717) is 11.1 Å². The van der Waals surface area contributed by atoms with E-state index in [-0.39, 0.29) is 28.8 Å². The average molecular weight is 827 g/mol. The Labute approximate surface area is 341 Å². The first-order chi connectivity index (χ1) is 28.5. The number of rotatable bonds is 8. The molecular formula is C40H37ClF2N10O6. The van der Waals surface area contributed by atoms with Crippen molar-refractivity contribution in [2.45, 2.75) is 25.7 Å². The van der Waals surface area contributed by atoms with Gasteiger partial charge >= 0.3 is 11.4 Å².